The van der Waals surface area contributed by atoms with Gasteiger partial charge in [0, 0.05) is 0 Å². The van der Waals surface area contributed by atoms with Crippen molar-refractivity contribution >= 4 is 54.1 Å². The van der Waals surface area contributed by atoms with Crippen molar-refractivity contribution < 1.29 is 9.90 Å². The molecule has 0 fully saturated rings. The van der Waals surface area contributed by atoms with E-state index >= 15 is 0 Å². The molecular formula is C5H9NO2SSe2. The van der Waals surface area contributed by atoms with E-state index in [1.165, 1.54) is 0 Å². The summed E-state index contributed by atoms with van der Waals surface area (Å²) in [6.07, 6.45) is 0. The summed E-state index contributed by atoms with van der Waals surface area (Å²) in [5.74, 6) is -0.773. The molecule has 0 aromatic carbocycles. The molecule has 1 unspecified atom stereocenters. The van der Waals surface area contributed by atoms with Crippen molar-refractivity contribution in [2.45, 2.75) is 9.76 Å². The number of carboxylic acid groups (broad SMARTS) is 1. The second-order valence-corrected chi connectivity index (χ2v) is 5.68. The van der Waals surface area contributed by atoms with Gasteiger partial charge < -0.3 is 0 Å². The Labute approximate surface area is 85.0 Å². The Kier molecular flexibility index (Phi) is 5.69. The molecule has 0 saturated carbocycles. The van der Waals surface area contributed by atoms with Crippen LogP contribution < -0.4 is 5.73 Å². The molecule has 0 aliphatic carbocycles. The molecule has 0 spiro atoms. The Bertz CT molecular complexity index is 167. The second-order valence-electron chi connectivity index (χ2n) is 1.83. The SMILES string of the molecule is NC(CS)([Se]CC=[Se])C(=O)O. The molecule has 0 amide bonds. The van der Waals surface area contributed by atoms with Crippen LogP contribution in [0.1, 0.15) is 0 Å². The van der Waals surface area contributed by atoms with Gasteiger partial charge in [-0.05, 0) is 0 Å². The number of rotatable bonds is 5. The first-order valence-electron chi connectivity index (χ1n) is 2.77. The van der Waals surface area contributed by atoms with Gasteiger partial charge >= 0.3 is 85.2 Å². The Morgan fingerprint density at radius 2 is 2.45 bits per heavy atom. The topological polar surface area (TPSA) is 63.3 Å². The Morgan fingerprint density at radius 1 is 1.91 bits per heavy atom. The maximum absolute atomic E-state index is 10.6. The number of hydrogen-bond acceptors (Lipinski definition) is 3. The van der Waals surface area contributed by atoms with Crippen LogP contribution in [0, 0.1) is 0 Å². The van der Waals surface area contributed by atoms with Crippen molar-refractivity contribution in [3.63, 3.8) is 0 Å². The molecule has 6 heteroatoms. The summed E-state index contributed by atoms with van der Waals surface area (Å²) < 4.78 is -1.11. The fourth-order valence-corrected chi connectivity index (χ4v) is 2.93. The van der Waals surface area contributed by atoms with Crippen molar-refractivity contribution in [2.75, 3.05) is 5.75 Å². The monoisotopic (exact) mass is 307 g/mol. The molecule has 0 aliphatic heterocycles. The quantitative estimate of drug-likeness (QED) is 0.439. The van der Waals surface area contributed by atoms with Crippen LogP contribution in [-0.4, -0.2) is 56.7 Å². The minimum absolute atomic E-state index is 0.133. The van der Waals surface area contributed by atoms with Crippen LogP contribution in [0.4, 0.5) is 0 Å². The number of nitrogens with two attached hydrogens (primary N) is 1. The zero-order valence-corrected chi connectivity index (χ0v) is 10.0. The number of carboxylic acids is 1. The molecule has 0 saturated heterocycles. The Morgan fingerprint density at radius 3 is 2.73 bits per heavy atom. The van der Waals surface area contributed by atoms with Crippen LogP contribution in [0.3, 0.4) is 0 Å². The fraction of sp³-hybridized carbons (Fsp3) is 0.600. The van der Waals surface area contributed by atoms with E-state index < -0.39 is 10.4 Å². The van der Waals surface area contributed by atoms with E-state index in [-0.39, 0.29) is 20.7 Å². The number of thiol groups is 1. The van der Waals surface area contributed by atoms with Crippen LogP contribution >= 0.6 is 12.6 Å². The van der Waals surface area contributed by atoms with Crippen molar-refractivity contribution in [3.05, 3.63) is 0 Å². The standard InChI is InChI=1S/C5H9NO2SSe2/c6-5(3-9,4(7)8)11-2-1-10/h1,9H,2-3,6H2,(H,7,8). The third-order valence-corrected chi connectivity index (χ3v) is 5.85. The average Bonchev–Trinajstić information content (AvgIpc) is 2.00. The molecule has 0 aliphatic rings. The minimum atomic E-state index is -1.11. The molecule has 0 bridgehead atoms. The summed E-state index contributed by atoms with van der Waals surface area (Å²) in [4.78, 5) is 12.4. The Hall–Kier alpha value is 0.689. The molecule has 0 radical (unpaired) electrons. The van der Waals surface area contributed by atoms with Crippen LogP contribution in [0.2, 0.25) is 5.32 Å². The third kappa shape index (κ3) is 3.74. The van der Waals surface area contributed by atoms with E-state index in [1.54, 1.807) is 4.92 Å². The predicted molar refractivity (Wildman–Crippen MR) is 50.8 cm³/mol. The summed E-state index contributed by atoms with van der Waals surface area (Å²) in [7, 11) is 0. The van der Waals surface area contributed by atoms with Gasteiger partial charge in [-0.25, -0.2) is 0 Å². The van der Waals surface area contributed by atoms with Crippen LogP contribution in [0.25, 0.3) is 0 Å². The van der Waals surface area contributed by atoms with Crippen molar-refractivity contribution in [1.82, 2.24) is 0 Å². The van der Waals surface area contributed by atoms with Crippen LogP contribution in [0.5, 0.6) is 0 Å². The molecule has 0 rings (SSSR count). The zero-order valence-electron chi connectivity index (χ0n) is 5.69. The molecule has 0 aromatic heterocycles. The molecule has 3 nitrogen and oxygen atoms in total. The van der Waals surface area contributed by atoms with Crippen LogP contribution in [0.15, 0.2) is 0 Å². The fourth-order valence-electron chi connectivity index (χ4n) is 0.358. The van der Waals surface area contributed by atoms with Gasteiger partial charge in [-0.15, -0.1) is 0 Å². The first kappa shape index (κ1) is 11.7. The molecule has 64 valence electrons. The van der Waals surface area contributed by atoms with Gasteiger partial charge in [0.15, 0.2) is 0 Å². The summed E-state index contributed by atoms with van der Waals surface area (Å²) in [6, 6.07) is 0. The summed E-state index contributed by atoms with van der Waals surface area (Å²) >= 11 is 6.46. The normalized spacial score (nSPS) is 15.5. The van der Waals surface area contributed by atoms with Gasteiger partial charge in [-0.2, -0.15) is 0 Å². The maximum atomic E-state index is 10.6. The predicted octanol–water partition coefficient (Wildman–Crippen LogP) is -1.25. The van der Waals surface area contributed by atoms with E-state index in [9.17, 15) is 4.79 Å². The van der Waals surface area contributed by atoms with Gasteiger partial charge in [0.25, 0.3) is 0 Å². The third-order valence-electron chi connectivity index (χ3n) is 1.01. The van der Waals surface area contributed by atoms with E-state index in [1.807, 2.05) is 0 Å². The van der Waals surface area contributed by atoms with E-state index in [4.69, 9.17) is 10.8 Å². The summed E-state index contributed by atoms with van der Waals surface area (Å²) in [6.45, 7) is 0. The first-order valence-corrected chi connectivity index (χ1v) is 6.46. The van der Waals surface area contributed by atoms with Crippen molar-refractivity contribution in [2.24, 2.45) is 5.73 Å². The molecule has 3 N–H and O–H groups in total. The Balaban J connectivity index is 4.09. The van der Waals surface area contributed by atoms with Gasteiger partial charge in [0.1, 0.15) is 0 Å². The van der Waals surface area contributed by atoms with Crippen molar-refractivity contribution in [3.8, 4) is 0 Å². The van der Waals surface area contributed by atoms with Gasteiger partial charge in [0.2, 0.25) is 0 Å². The average molecular weight is 305 g/mol. The molecule has 11 heavy (non-hydrogen) atoms. The van der Waals surface area contributed by atoms with E-state index in [0.29, 0.717) is 0 Å². The number of hydrogen-bond donors (Lipinski definition) is 3. The molecular weight excluding hydrogens is 296 g/mol. The summed E-state index contributed by atoms with van der Waals surface area (Å²) in [5, 5.41) is 9.40. The van der Waals surface area contributed by atoms with E-state index in [0.717, 1.165) is 5.32 Å². The van der Waals surface area contributed by atoms with E-state index in [2.05, 4.69) is 28.2 Å². The van der Waals surface area contributed by atoms with Gasteiger partial charge in [-0.3, -0.25) is 0 Å². The van der Waals surface area contributed by atoms with Crippen molar-refractivity contribution in [1.29, 1.82) is 0 Å². The molecule has 0 heterocycles. The number of carbonyl (C=O) groups is 1. The van der Waals surface area contributed by atoms with Gasteiger partial charge in [0.05, 0.1) is 0 Å². The van der Waals surface area contributed by atoms with Gasteiger partial charge in [-0.1, -0.05) is 0 Å². The molecule has 1 atom stereocenters. The number of aliphatic carboxylic acids is 1. The molecule has 0 aromatic rings. The first-order chi connectivity index (χ1) is 5.06. The zero-order chi connectivity index (χ0) is 8.91. The second kappa shape index (κ2) is 5.35. The van der Waals surface area contributed by atoms with Crippen LogP contribution in [-0.2, 0) is 4.79 Å². The summed E-state index contributed by atoms with van der Waals surface area (Å²) in [5.41, 5.74) is 5.54.